The minimum Gasteiger partial charge on any atom is -0.248 e. The van der Waals surface area contributed by atoms with Crippen LogP contribution in [0.3, 0.4) is 0 Å². The highest BCUT2D eigenvalue weighted by Crippen LogP contribution is 2.15. The molecule has 0 radical (unpaired) electrons. The highest BCUT2D eigenvalue weighted by Gasteiger charge is 2.02. The van der Waals surface area contributed by atoms with E-state index in [1.165, 1.54) is 11.1 Å². The predicted molar refractivity (Wildman–Crippen MR) is 69.2 cm³/mol. The molecule has 0 fully saturated rings. The Morgan fingerprint density at radius 3 is 2.47 bits per heavy atom. The number of benzene rings is 1. The van der Waals surface area contributed by atoms with Crippen molar-refractivity contribution in [3.8, 4) is 0 Å². The molecule has 0 spiro atoms. The largest absolute Gasteiger partial charge is 0.248 e. The van der Waals surface area contributed by atoms with Gasteiger partial charge in [0.05, 0.1) is 24.3 Å². The minimum absolute atomic E-state index is 0.409. The molecule has 0 N–H and O–H groups in total. The molecule has 2 aromatic rings. The van der Waals surface area contributed by atoms with Gasteiger partial charge in [0, 0.05) is 0 Å². The smallest absolute Gasteiger partial charge is 0.0974 e. The van der Waals surface area contributed by atoms with Crippen LogP contribution < -0.4 is 0 Å². The van der Waals surface area contributed by atoms with Crippen LogP contribution in [0.4, 0.5) is 0 Å². The van der Waals surface area contributed by atoms with E-state index in [-0.39, 0.29) is 0 Å². The van der Waals surface area contributed by atoms with E-state index in [1.54, 1.807) is 0 Å². The molecule has 0 saturated carbocycles. The lowest BCUT2D eigenvalue weighted by Gasteiger charge is -2.06. The standard InChI is InChI=1S/C13H16ClN3/c1-10(2)12-5-3-11(4-6-12)8-17-9-13(7-14)15-16-17/h3-6,9-10H,7-8H2,1-2H3. The quantitative estimate of drug-likeness (QED) is 0.780. The van der Waals surface area contributed by atoms with Gasteiger partial charge in [-0.2, -0.15) is 0 Å². The Hall–Kier alpha value is -1.35. The zero-order valence-electron chi connectivity index (χ0n) is 10.1. The Morgan fingerprint density at radius 2 is 1.94 bits per heavy atom. The van der Waals surface area contributed by atoms with Crippen LogP contribution in [-0.4, -0.2) is 15.0 Å². The van der Waals surface area contributed by atoms with Crippen molar-refractivity contribution in [2.45, 2.75) is 32.2 Å². The number of hydrogen-bond donors (Lipinski definition) is 0. The molecule has 0 bridgehead atoms. The summed E-state index contributed by atoms with van der Waals surface area (Å²) >= 11 is 5.68. The molecule has 0 aliphatic heterocycles. The van der Waals surface area contributed by atoms with Gasteiger partial charge in [-0.1, -0.05) is 43.3 Å². The van der Waals surface area contributed by atoms with Crippen molar-refractivity contribution in [1.29, 1.82) is 0 Å². The van der Waals surface area contributed by atoms with Crippen molar-refractivity contribution in [3.63, 3.8) is 0 Å². The molecular formula is C13H16ClN3. The van der Waals surface area contributed by atoms with E-state index < -0.39 is 0 Å². The lowest BCUT2D eigenvalue weighted by atomic mass is 10.0. The highest BCUT2D eigenvalue weighted by atomic mass is 35.5. The van der Waals surface area contributed by atoms with Gasteiger partial charge in [-0.05, 0) is 17.0 Å². The topological polar surface area (TPSA) is 30.7 Å². The van der Waals surface area contributed by atoms with E-state index in [0.717, 1.165) is 12.2 Å². The number of hydrogen-bond acceptors (Lipinski definition) is 2. The van der Waals surface area contributed by atoms with Crippen LogP contribution in [0.25, 0.3) is 0 Å². The number of alkyl halides is 1. The van der Waals surface area contributed by atoms with Crippen LogP contribution >= 0.6 is 11.6 Å². The summed E-state index contributed by atoms with van der Waals surface area (Å²) in [6, 6.07) is 8.60. The molecule has 0 amide bonds. The van der Waals surface area contributed by atoms with Crippen LogP contribution in [-0.2, 0) is 12.4 Å². The SMILES string of the molecule is CC(C)c1ccc(Cn2cc(CCl)nn2)cc1. The molecule has 0 aliphatic carbocycles. The normalized spacial score (nSPS) is 11.1. The van der Waals surface area contributed by atoms with Crippen LogP contribution in [0.1, 0.15) is 36.6 Å². The summed E-state index contributed by atoms with van der Waals surface area (Å²) in [6.07, 6.45) is 1.88. The molecule has 0 atom stereocenters. The Labute approximate surface area is 106 Å². The van der Waals surface area contributed by atoms with Crippen LogP contribution in [0, 0.1) is 0 Å². The van der Waals surface area contributed by atoms with Gasteiger partial charge in [0.15, 0.2) is 0 Å². The number of aromatic nitrogens is 3. The Morgan fingerprint density at radius 1 is 1.24 bits per heavy atom. The van der Waals surface area contributed by atoms with Crippen LogP contribution in [0.15, 0.2) is 30.5 Å². The second-order valence-corrected chi connectivity index (χ2v) is 4.70. The summed E-state index contributed by atoms with van der Waals surface area (Å²) in [5.41, 5.74) is 3.39. The molecule has 3 nitrogen and oxygen atoms in total. The summed E-state index contributed by atoms with van der Waals surface area (Å²) in [5, 5.41) is 7.98. The molecule has 0 saturated heterocycles. The second kappa shape index (κ2) is 5.32. The summed E-state index contributed by atoms with van der Waals surface area (Å²) in [7, 11) is 0. The maximum absolute atomic E-state index is 5.68. The van der Waals surface area contributed by atoms with Gasteiger partial charge in [-0.25, -0.2) is 4.68 Å². The maximum Gasteiger partial charge on any atom is 0.0974 e. The maximum atomic E-state index is 5.68. The second-order valence-electron chi connectivity index (χ2n) is 4.44. The molecule has 1 aromatic heterocycles. The van der Waals surface area contributed by atoms with Gasteiger partial charge < -0.3 is 0 Å². The molecule has 2 rings (SSSR count). The minimum atomic E-state index is 0.409. The van der Waals surface area contributed by atoms with Gasteiger partial charge in [0.1, 0.15) is 0 Å². The average molecular weight is 250 g/mol. The van der Waals surface area contributed by atoms with Crippen LogP contribution in [0.2, 0.25) is 0 Å². The molecule has 0 aliphatic rings. The lowest BCUT2D eigenvalue weighted by molar-refractivity contribution is 0.649. The van der Waals surface area contributed by atoms with Crippen molar-refractivity contribution in [3.05, 3.63) is 47.3 Å². The van der Waals surface area contributed by atoms with Crippen molar-refractivity contribution in [2.75, 3.05) is 0 Å². The summed E-state index contributed by atoms with van der Waals surface area (Å²) in [6.45, 7) is 5.13. The molecule has 17 heavy (non-hydrogen) atoms. The Kier molecular flexibility index (Phi) is 3.79. The van der Waals surface area contributed by atoms with Gasteiger partial charge in [0.2, 0.25) is 0 Å². The van der Waals surface area contributed by atoms with Gasteiger partial charge >= 0.3 is 0 Å². The van der Waals surface area contributed by atoms with Gasteiger partial charge in [-0.15, -0.1) is 16.7 Å². The van der Waals surface area contributed by atoms with Crippen molar-refractivity contribution in [1.82, 2.24) is 15.0 Å². The van der Waals surface area contributed by atoms with E-state index in [2.05, 4.69) is 48.4 Å². The summed E-state index contributed by atoms with van der Waals surface area (Å²) in [4.78, 5) is 0. The fourth-order valence-electron chi connectivity index (χ4n) is 1.67. The third-order valence-electron chi connectivity index (χ3n) is 2.71. The molecule has 1 aromatic carbocycles. The van der Waals surface area contributed by atoms with Crippen molar-refractivity contribution in [2.24, 2.45) is 0 Å². The molecule has 1 heterocycles. The van der Waals surface area contributed by atoms with Crippen molar-refractivity contribution < 1.29 is 0 Å². The number of rotatable bonds is 4. The molecule has 0 unspecified atom stereocenters. The van der Waals surface area contributed by atoms with Crippen molar-refractivity contribution >= 4 is 11.6 Å². The highest BCUT2D eigenvalue weighted by molar-refractivity contribution is 6.16. The predicted octanol–water partition coefficient (Wildman–Crippen LogP) is 3.19. The zero-order valence-corrected chi connectivity index (χ0v) is 10.9. The monoisotopic (exact) mass is 249 g/mol. The van der Waals surface area contributed by atoms with E-state index in [0.29, 0.717) is 11.8 Å². The first-order chi connectivity index (χ1) is 8.19. The summed E-state index contributed by atoms with van der Waals surface area (Å²) < 4.78 is 1.81. The first-order valence-corrected chi connectivity index (χ1v) is 6.26. The first kappa shape index (κ1) is 12.1. The average Bonchev–Trinajstić information content (AvgIpc) is 2.77. The van der Waals surface area contributed by atoms with Gasteiger partial charge in [-0.3, -0.25) is 0 Å². The Bertz CT molecular complexity index is 474. The first-order valence-electron chi connectivity index (χ1n) is 5.73. The number of nitrogens with zero attached hydrogens (tertiary/aromatic N) is 3. The van der Waals surface area contributed by atoms with E-state index in [9.17, 15) is 0 Å². The van der Waals surface area contributed by atoms with E-state index in [1.807, 2.05) is 10.9 Å². The third-order valence-corrected chi connectivity index (χ3v) is 2.99. The zero-order chi connectivity index (χ0) is 12.3. The van der Waals surface area contributed by atoms with Crippen LogP contribution in [0.5, 0.6) is 0 Å². The fourth-order valence-corrected chi connectivity index (χ4v) is 1.79. The molecular weight excluding hydrogens is 234 g/mol. The lowest BCUT2D eigenvalue weighted by Crippen LogP contribution is -2.00. The Balaban J connectivity index is 2.08. The number of halogens is 1. The summed E-state index contributed by atoms with van der Waals surface area (Å²) in [5.74, 6) is 0.977. The fraction of sp³-hybridized carbons (Fsp3) is 0.385. The van der Waals surface area contributed by atoms with E-state index in [4.69, 9.17) is 11.6 Å². The third kappa shape index (κ3) is 3.07. The molecule has 90 valence electrons. The van der Waals surface area contributed by atoms with E-state index >= 15 is 0 Å². The van der Waals surface area contributed by atoms with Gasteiger partial charge in [0.25, 0.3) is 0 Å². The molecule has 4 heteroatoms.